The topological polar surface area (TPSA) is 133 Å². The SMILES string of the molecule is CC(C)C[C@H](NC(=O)C1(Cc2ccccc2)CC(CNC(=O)c2nccc3ccccc23)=NO1)B(O)O. The molecule has 192 valence electrons. The maximum absolute atomic E-state index is 13.5. The number of nitrogens with zero attached hydrogens (tertiary/aromatic N) is 2. The van der Waals surface area contributed by atoms with Crippen LogP contribution in [0.15, 0.2) is 72.0 Å². The molecule has 2 amide bonds. The minimum absolute atomic E-state index is 0.0750. The molecule has 1 aliphatic rings. The van der Waals surface area contributed by atoms with Gasteiger partial charge in [0.25, 0.3) is 11.8 Å². The van der Waals surface area contributed by atoms with Crippen molar-refractivity contribution in [1.82, 2.24) is 15.6 Å². The summed E-state index contributed by atoms with van der Waals surface area (Å²) >= 11 is 0. The van der Waals surface area contributed by atoms with Crippen LogP contribution in [-0.2, 0) is 16.1 Å². The van der Waals surface area contributed by atoms with Gasteiger partial charge in [-0.05, 0) is 29.4 Å². The van der Waals surface area contributed by atoms with Gasteiger partial charge in [0, 0.05) is 24.4 Å². The molecule has 4 rings (SSSR count). The molecule has 0 saturated carbocycles. The Bertz CT molecular complexity index is 1280. The first-order valence-corrected chi connectivity index (χ1v) is 12.3. The van der Waals surface area contributed by atoms with Crippen LogP contribution in [0.4, 0.5) is 0 Å². The molecule has 2 heterocycles. The van der Waals surface area contributed by atoms with Crippen LogP contribution in [0.1, 0.15) is 42.7 Å². The Morgan fingerprint density at radius 2 is 1.81 bits per heavy atom. The molecule has 2 aromatic carbocycles. The van der Waals surface area contributed by atoms with Crippen molar-refractivity contribution in [3.05, 3.63) is 78.1 Å². The molecule has 2 atom stereocenters. The zero-order valence-corrected chi connectivity index (χ0v) is 20.9. The van der Waals surface area contributed by atoms with E-state index in [0.29, 0.717) is 17.8 Å². The maximum atomic E-state index is 13.5. The molecule has 0 radical (unpaired) electrons. The fraction of sp³-hybridized carbons (Fsp3) is 0.333. The largest absolute Gasteiger partial charge is 0.475 e. The van der Waals surface area contributed by atoms with Crippen molar-refractivity contribution < 1.29 is 24.5 Å². The molecule has 1 aromatic heterocycles. The van der Waals surface area contributed by atoms with E-state index in [-0.39, 0.29) is 31.2 Å². The molecule has 9 nitrogen and oxygen atoms in total. The molecule has 0 spiro atoms. The third kappa shape index (κ3) is 6.33. The predicted molar refractivity (Wildman–Crippen MR) is 142 cm³/mol. The van der Waals surface area contributed by atoms with Gasteiger partial charge in [0.15, 0.2) is 0 Å². The van der Waals surface area contributed by atoms with Gasteiger partial charge in [-0.1, -0.05) is 73.6 Å². The Balaban J connectivity index is 1.48. The highest BCUT2D eigenvalue weighted by molar-refractivity contribution is 6.43. The standard InChI is InChI=1S/C27H31BN4O5/c1-18(2)14-23(28(35)36)31-26(34)27(15-19-8-4-3-5-9-19)16-21(32-37-27)17-30-25(33)24-22-11-7-6-10-20(22)12-13-29-24/h3-13,18,23,35-36H,14-17H2,1-2H3,(H,30,33)(H,31,34)/t23-,27?/m0/s1. The van der Waals surface area contributed by atoms with Crippen LogP contribution in [0.3, 0.4) is 0 Å². The molecule has 4 N–H and O–H groups in total. The van der Waals surface area contributed by atoms with Crippen molar-refractivity contribution in [2.75, 3.05) is 6.54 Å². The summed E-state index contributed by atoms with van der Waals surface area (Å²) in [7, 11) is -1.71. The summed E-state index contributed by atoms with van der Waals surface area (Å²) in [6, 6.07) is 18.7. The zero-order valence-electron chi connectivity index (χ0n) is 20.9. The van der Waals surface area contributed by atoms with Crippen LogP contribution in [0.2, 0.25) is 0 Å². The lowest BCUT2D eigenvalue weighted by Crippen LogP contribution is -2.56. The lowest BCUT2D eigenvalue weighted by molar-refractivity contribution is -0.144. The number of amides is 2. The summed E-state index contributed by atoms with van der Waals surface area (Å²) in [6.45, 7) is 3.94. The van der Waals surface area contributed by atoms with E-state index in [9.17, 15) is 19.6 Å². The number of fused-ring (bicyclic) bond motifs is 1. The van der Waals surface area contributed by atoms with Gasteiger partial charge >= 0.3 is 7.12 Å². The fourth-order valence-electron chi connectivity index (χ4n) is 4.49. The van der Waals surface area contributed by atoms with E-state index < -0.39 is 24.6 Å². The number of oxime groups is 1. The van der Waals surface area contributed by atoms with Crippen LogP contribution in [-0.4, -0.2) is 57.8 Å². The van der Waals surface area contributed by atoms with Gasteiger partial charge in [-0.25, -0.2) is 0 Å². The summed E-state index contributed by atoms with van der Waals surface area (Å²) < 4.78 is 0. The van der Waals surface area contributed by atoms with Gasteiger partial charge in [-0.15, -0.1) is 0 Å². The lowest BCUT2D eigenvalue weighted by atomic mass is 9.74. The number of hydrogen-bond acceptors (Lipinski definition) is 7. The van der Waals surface area contributed by atoms with Crippen LogP contribution < -0.4 is 10.6 Å². The molecule has 0 fully saturated rings. The van der Waals surface area contributed by atoms with Crippen LogP contribution in [0.5, 0.6) is 0 Å². The number of hydrogen-bond donors (Lipinski definition) is 4. The van der Waals surface area contributed by atoms with Crippen LogP contribution in [0.25, 0.3) is 10.8 Å². The first-order valence-electron chi connectivity index (χ1n) is 12.3. The molecule has 0 saturated heterocycles. The maximum Gasteiger partial charge on any atom is 0.475 e. The molecule has 10 heteroatoms. The van der Waals surface area contributed by atoms with E-state index in [2.05, 4.69) is 20.8 Å². The molecule has 3 aromatic rings. The minimum Gasteiger partial charge on any atom is -0.426 e. The van der Waals surface area contributed by atoms with Crippen molar-refractivity contribution in [1.29, 1.82) is 0 Å². The average Bonchev–Trinajstić information content (AvgIpc) is 3.30. The number of nitrogens with one attached hydrogen (secondary N) is 2. The van der Waals surface area contributed by atoms with Crippen molar-refractivity contribution in [2.24, 2.45) is 11.1 Å². The number of carbonyl (C=O) groups excluding carboxylic acids is 2. The highest BCUT2D eigenvalue weighted by atomic mass is 16.7. The first kappa shape index (κ1) is 26.3. The number of rotatable bonds is 10. The van der Waals surface area contributed by atoms with Gasteiger partial charge in [-0.3, -0.25) is 14.6 Å². The van der Waals surface area contributed by atoms with Gasteiger partial charge < -0.3 is 25.5 Å². The Morgan fingerprint density at radius 1 is 1.08 bits per heavy atom. The Kier molecular flexibility index (Phi) is 8.20. The zero-order chi connectivity index (χ0) is 26.4. The molecule has 37 heavy (non-hydrogen) atoms. The summed E-state index contributed by atoms with van der Waals surface area (Å²) in [5, 5.41) is 31.0. The highest BCUT2D eigenvalue weighted by Gasteiger charge is 2.48. The number of carbonyl (C=O) groups is 2. The van der Waals surface area contributed by atoms with Gasteiger partial charge in [-0.2, -0.15) is 0 Å². The summed E-state index contributed by atoms with van der Waals surface area (Å²) in [5.41, 5.74) is 0.274. The van der Waals surface area contributed by atoms with Gasteiger partial charge in [0.1, 0.15) is 5.69 Å². The van der Waals surface area contributed by atoms with Crippen molar-refractivity contribution in [3.63, 3.8) is 0 Å². The van der Waals surface area contributed by atoms with Crippen molar-refractivity contribution in [2.45, 2.75) is 44.7 Å². The fourth-order valence-corrected chi connectivity index (χ4v) is 4.49. The minimum atomic E-state index is -1.71. The molecule has 0 aliphatic carbocycles. The third-order valence-corrected chi connectivity index (χ3v) is 6.33. The van der Waals surface area contributed by atoms with Crippen LogP contribution >= 0.6 is 0 Å². The molecule has 0 bridgehead atoms. The highest BCUT2D eigenvalue weighted by Crippen LogP contribution is 2.29. The molecule has 1 unspecified atom stereocenters. The van der Waals surface area contributed by atoms with E-state index in [1.54, 1.807) is 6.20 Å². The normalized spacial score (nSPS) is 17.7. The van der Waals surface area contributed by atoms with E-state index in [1.807, 2.05) is 74.5 Å². The quantitative estimate of drug-likeness (QED) is 0.315. The second-order valence-electron chi connectivity index (χ2n) is 9.77. The van der Waals surface area contributed by atoms with E-state index in [1.165, 1.54) is 0 Å². The molecular formula is C27H31BN4O5. The van der Waals surface area contributed by atoms with Crippen LogP contribution in [0, 0.1) is 5.92 Å². The molecular weight excluding hydrogens is 471 g/mol. The third-order valence-electron chi connectivity index (χ3n) is 6.33. The van der Waals surface area contributed by atoms with E-state index in [0.717, 1.165) is 16.3 Å². The Morgan fingerprint density at radius 3 is 2.54 bits per heavy atom. The summed E-state index contributed by atoms with van der Waals surface area (Å²) in [4.78, 5) is 36.4. The lowest BCUT2D eigenvalue weighted by Gasteiger charge is -2.29. The molecule has 1 aliphatic heterocycles. The Hall–Kier alpha value is -3.76. The predicted octanol–water partition coefficient (Wildman–Crippen LogP) is 2.27. The van der Waals surface area contributed by atoms with E-state index in [4.69, 9.17) is 4.84 Å². The second kappa shape index (κ2) is 11.5. The van der Waals surface area contributed by atoms with Gasteiger partial charge in [0.05, 0.1) is 18.2 Å². The number of pyridine rings is 1. The summed E-state index contributed by atoms with van der Waals surface area (Å²) in [5.74, 6) is -1.57. The number of benzene rings is 2. The van der Waals surface area contributed by atoms with Gasteiger partial charge in [0.2, 0.25) is 5.60 Å². The summed E-state index contributed by atoms with van der Waals surface area (Å²) in [6.07, 6.45) is 2.33. The van der Waals surface area contributed by atoms with E-state index >= 15 is 0 Å². The monoisotopic (exact) mass is 502 g/mol. The number of aromatic nitrogens is 1. The average molecular weight is 502 g/mol. The van der Waals surface area contributed by atoms with Crippen molar-refractivity contribution >= 4 is 35.4 Å². The second-order valence-corrected chi connectivity index (χ2v) is 9.77. The Labute approximate surface area is 216 Å². The smallest absolute Gasteiger partial charge is 0.426 e. The van der Waals surface area contributed by atoms with Crippen molar-refractivity contribution in [3.8, 4) is 0 Å². The first-order chi connectivity index (χ1) is 17.8.